The molecule has 0 radical (unpaired) electrons. The van der Waals surface area contributed by atoms with Crippen LogP contribution in [0.25, 0.3) is 11.2 Å². The smallest absolute Gasteiger partial charge is 0.155 e. The van der Waals surface area contributed by atoms with Crippen molar-refractivity contribution in [1.82, 2.24) is 19.9 Å². The van der Waals surface area contributed by atoms with Crippen molar-refractivity contribution in [3.8, 4) is 0 Å². The molecular weight excluding hydrogens is 188 g/mol. The molecule has 0 bridgehead atoms. The van der Waals surface area contributed by atoms with E-state index in [1.807, 2.05) is 18.3 Å². The molecule has 4 nitrogen and oxygen atoms in total. The maximum atomic E-state index is 4.56. The Balaban J connectivity index is 2.06. The lowest BCUT2D eigenvalue weighted by atomic mass is 10.1. The molecule has 1 aliphatic rings. The van der Waals surface area contributed by atoms with Gasteiger partial charge in [0.05, 0.1) is 11.9 Å². The Hall–Kier alpha value is -1.68. The molecule has 0 aliphatic carbocycles. The van der Waals surface area contributed by atoms with Gasteiger partial charge in [0.1, 0.15) is 0 Å². The average Bonchev–Trinajstić information content (AvgIpc) is 2.77. The van der Waals surface area contributed by atoms with E-state index in [4.69, 9.17) is 0 Å². The van der Waals surface area contributed by atoms with Gasteiger partial charge in [0.2, 0.25) is 0 Å². The Morgan fingerprint density at radius 1 is 1.33 bits per heavy atom. The third-order valence-electron chi connectivity index (χ3n) is 2.65. The highest BCUT2D eigenvalue weighted by Gasteiger charge is 2.07. The van der Waals surface area contributed by atoms with E-state index in [0.29, 0.717) is 0 Å². The van der Waals surface area contributed by atoms with Crippen LogP contribution in [0.15, 0.2) is 30.6 Å². The molecule has 2 aromatic heterocycles. The van der Waals surface area contributed by atoms with Crippen molar-refractivity contribution in [2.24, 2.45) is 0 Å². The Morgan fingerprint density at radius 2 is 2.33 bits per heavy atom. The molecule has 3 heterocycles. The number of aromatic nitrogens is 3. The van der Waals surface area contributed by atoms with Crippen molar-refractivity contribution >= 4 is 11.2 Å². The van der Waals surface area contributed by atoms with Crippen LogP contribution in [0.1, 0.15) is 12.1 Å². The van der Waals surface area contributed by atoms with Crippen molar-refractivity contribution in [2.45, 2.75) is 6.42 Å². The molecule has 0 spiro atoms. The zero-order valence-electron chi connectivity index (χ0n) is 8.35. The van der Waals surface area contributed by atoms with Crippen LogP contribution in [0, 0.1) is 0 Å². The average molecular weight is 200 g/mol. The third-order valence-corrected chi connectivity index (χ3v) is 2.65. The van der Waals surface area contributed by atoms with Gasteiger partial charge in [0.25, 0.3) is 0 Å². The predicted molar refractivity (Wildman–Crippen MR) is 58.5 cm³/mol. The largest absolute Gasteiger partial charge is 0.313 e. The second-order valence-corrected chi connectivity index (χ2v) is 3.63. The summed E-state index contributed by atoms with van der Waals surface area (Å²) >= 11 is 0. The first-order chi connectivity index (χ1) is 7.43. The van der Waals surface area contributed by atoms with Gasteiger partial charge >= 0.3 is 0 Å². The van der Waals surface area contributed by atoms with Crippen LogP contribution in [-0.4, -0.2) is 27.7 Å². The van der Waals surface area contributed by atoms with Gasteiger partial charge in [-0.15, -0.1) is 0 Å². The summed E-state index contributed by atoms with van der Waals surface area (Å²) in [7, 11) is 0. The first kappa shape index (κ1) is 8.61. The molecule has 0 amide bonds. The zero-order chi connectivity index (χ0) is 10.1. The van der Waals surface area contributed by atoms with Gasteiger partial charge in [0, 0.05) is 18.8 Å². The highest BCUT2D eigenvalue weighted by Crippen LogP contribution is 2.17. The van der Waals surface area contributed by atoms with Crippen LogP contribution < -0.4 is 5.32 Å². The summed E-state index contributed by atoms with van der Waals surface area (Å²) in [6.45, 7) is 1.99. The molecule has 2 aromatic rings. The Bertz CT molecular complexity index is 512. The van der Waals surface area contributed by atoms with Crippen LogP contribution >= 0.6 is 0 Å². The second-order valence-electron chi connectivity index (χ2n) is 3.63. The van der Waals surface area contributed by atoms with Crippen molar-refractivity contribution in [1.29, 1.82) is 0 Å². The first-order valence-corrected chi connectivity index (χ1v) is 5.14. The van der Waals surface area contributed by atoms with E-state index in [1.54, 1.807) is 10.7 Å². The molecule has 0 unspecified atom stereocenters. The highest BCUT2D eigenvalue weighted by molar-refractivity contribution is 5.64. The molecule has 0 aromatic carbocycles. The Morgan fingerprint density at radius 3 is 3.20 bits per heavy atom. The molecule has 15 heavy (non-hydrogen) atoms. The topological polar surface area (TPSA) is 42.2 Å². The lowest BCUT2D eigenvalue weighted by molar-refractivity contribution is 0.736. The number of rotatable bonds is 1. The van der Waals surface area contributed by atoms with Gasteiger partial charge in [0.15, 0.2) is 5.65 Å². The maximum Gasteiger partial charge on any atom is 0.155 e. The zero-order valence-corrected chi connectivity index (χ0v) is 8.35. The lowest BCUT2D eigenvalue weighted by Gasteiger charge is -2.13. The summed E-state index contributed by atoms with van der Waals surface area (Å²) in [5.74, 6) is 0. The van der Waals surface area contributed by atoms with Crippen LogP contribution in [0.3, 0.4) is 0 Å². The molecule has 3 rings (SSSR count). The molecule has 0 atom stereocenters. The minimum Gasteiger partial charge on any atom is -0.313 e. The van der Waals surface area contributed by atoms with Gasteiger partial charge < -0.3 is 5.32 Å². The number of fused-ring (bicyclic) bond motifs is 1. The molecule has 1 aliphatic heterocycles. The van der Waals surface area contributed by atoms with Crippen molar-refractivity contribution in [3.05, 3.63) is 36.3 Å². The number of nitrogens with one attached hydrogen (secondary N) is 1. The molecule has 0 saturated heterocycles. The summed E-state index contributed by atoms with van der Waals surface area (Å²) in [5.41, 5.74) is 3.31. The SMILES string of the molecule is C1=C(c2ccn3nccc3n2)CCNC1. The minimum atomic E-state index is 0.909. The summed E-state index contributed by atoms with van der Waals surface area (Å²) in [4.78, 5) is 4.56. The van der Waals surface area contributed by atoms with E-state index >= 15 is 0 Å². The quantitative estimate of drug-likeness (QED) is 0.749. The van der Waals surface area contributed by atoms with Crippen LogP contribution in [0.2, 0.25) is 0 Å². The predicted octanol–water partition coefficient (Wildman–Crippen LogP) is 1.11. The minimum absolute atomic E-state index is 0.909. The molecule has 1 N–H and O–H groups in total. The van der Waals surface area contributed by atoms with Gasteiger partial charge in [-0.25, -0.2) is 9.50 Å². The fourth-order valence-corrected chi connectivity index (χ4v) is 1.85. The van der Waals surface area contributed by atoms with E-state index in [-0.39, 0.29) is 0 Å². The molecular formula is C11H12N4. The van der Waals surface area contributed by atoms with Crippen LogP contribution in [0.5, 0.6) is 0 Å². The monoisotopic (exact) mass is 200 g/mol. The van der Waals surface area contributed by atoms with Crippen molar-refractivity contribution < 1.29 is 0 Å². The number of hydrogen-bond donors (Lipinski definition) is 1. The number of nitrogens with zero attached hydrogens (tertiary/aromatic N) is 3. The maximum absolute atomic E-state index is 4.56. The van der Waals surface area contributed by atoms with Crippen molar-refractivity contribution in [3.63, 3.8) is 0 Å². The van der Waals surface area contributed by atoms with E-state index in [2.05, 4.69) is 21.5 Å². The van der Waals surface area contributed by atoms with Gasteiger partial charge in [-0.05, 0) is 24.6 Å². The highest BCUT2D eigenvalue weighted by atomic mass is 15.2. The molecule has 76 valence electrons. The van der Waals surface area contributed by atoms with Gasteiger partial charge in [-0.1, -0.05) is 6.08 Å². The van der Waals surface area contributed by atoms with Crippen LogP contribution in [-0.2, 0) is 0 Å². The molecule has 4 heteroatoms. The van der Waals surface area contributed by atoms with E-state index in [1.165, 1.54) is 5.57 Å². The lowest BCUT2D eigenvalue weighted by Crippen LogP contribution is -2.20. The van der Waals surface area contributed by atoms with Crippen molar-refractivity contribution in [2.75, 3.05) is 13.1 Å². The molecule has 0 saturated carbocycles. The Labute approximate surface area is 87.6 Å². The fraction of sp³-hybridized carbons (Fsp3) is 0.273. The molecule has 0 fully saturated rings. The normalized spacial score (nSPS) is 16.7. The summed E-state index contributed by atoms with van der Waals surface area (Å²) < 4.78 is 1.78. The third kappa shape index (κ3) is 1.53. The van der Waals surface area contributed by atoms with Gasteiger partial charge in [-0.2, -0.15) is 5.10 Å². The number of hydrogen-bond acceptors (Lipinski definition) is 3. The van der Waals surface area contributed by atoms with E-state index in [9.17, 15) is 0 Å². The van der Waals surface area contributed by atoms with E-state index < -0.39 is 0 Å². The standard InChI is InChI=1S/C11H12N4/c1-5-12-6-2-9(1)10-4-8-15-11(14-10)3-7-13-15/h1,3-4,7-8,12H,2,5-6H2. The Kier molecular flexibility index (Phi) is 1.99. The summed E-state index contributed by atoms with van der Waals surface area (Å²) in [6.07, 6.45) is 6.99. The summed E-state index contributed by atoms with van der Waals surface area (Å²) in [5, 5.41) is 7.42. The van der Waals surface area contributed by atoms with Crippen LogP contribution in [0.4, 0.5) is 0 Å². The summed E-state index contributed by atoms with van der Waals surface area (Å²) in [6, 6.07) is 3.95. The van der Waals surface area contributed by atoms with Gasteiger partial charge in [-0.3, -0.25) is 0 Å². The fourth-order valence-electron chi connectivity index (χ4n) is 1.85. The van der Waals surface area contributed by atoms with E-state index in [0.717, 1.165) is 30.9 Å². The second kappa shape index (κ2) is 3.47. The first-order valence-electron chi connectivity index (χ1n) is 5.14.